The molecule has 2 aliphatic carbocycles. The number of ether oxygens (including phenoxy) is 1. The summed E-state index contributed by atoms with van der Waals surface area (Å²) in [5.74, 6) is -0.126. The molecule has 2 rings (SSSR count). The number of aliphatic hydroxyl groups is 1. The van der Waals surface area contributed by atoms with Gasteiger partial charge in [0.15, 0.2) is 0 Å². The lowest BCUT2D eigenvalue weighted by atomic mass is 9.47. The van der Waals surface area contributed by atoms with Crippen molar-refractivity contribution >= 4 is 11.8 Å². The van der Waals surface area contributed by atoms with Crippen molar-refractivity contribution in [3.63, 3.8) is 0 Å². The number of carbonyl (C=O) groups is 2. The number of ketones is 1. The van der Waals surface area contributed by atoms with Crippen molar-refractivity contribution in [3.8, 4) is 0 Å². The van der Waals surface area contributed by atoms with E-state index in [1.807, 2.05) is 0 Å². The van der Waals surface area contributed by atoms with Crippen LogP contribution in [0.4, 0.5) is 0 Å². The number of esters is 1. The van der Waals surface area contributed by atoms with Gasteiger partial charge in [-0.1, -0.05) is 44.4 Å². The van der Waals surface area contributed by atoms with Gasteiger partial charge in [-0.15, -0.1) is 6.58 Å². The fraction of sp³-hybridized carbons (Fsp3) is 0.760. The molecule has 5 unspecified atom stereocenters. The summed E-state index contributed by atoms with van der Waals surface area (Å²) in [5, 5.41) is 10.5. The Morgan fingerprint density at radius 2 is 1.90 bits per heavy atom. The van der Waals surface area contributed by atoms with E-state index in [-0.39, 0.29) is 40.5 Å². The molecular formula is C25H40O4. The third kappa shape index (κ3) is 4.84. The van der Waals surface area contributed by atoms with Crippen LogP contribution < -0.4 is 0 Å². The van der Waals surface area contributed by atoms with Gasteiger partial charge in [0, 0.05) is 25.2 Å². The number of rotatable bonds is 7. The minimum Gasteiger partial charge on any atom is -0.462 e. The van der Waals surface area contributed by atoms with E-state index in [4.69, 9.17) is 4.74 Å². The summed E-state index contributed by atoms with van der Waals surface area (Å²) in [4.78, 5) is 24.2. The molecule has 164 valence electrons. The van der Waals surface area contributed by atoms with E-state index >= 15 is 0 Å². The van der Waals surface area contributed by atoms with E-state index in [0.29, 0.717) is 12.8 Å². The first kappa shape index (κ1) is 23.9. The fourth-order valence-electron chi connectivity index (χ4n) is 6.27. The second-order valence-corrected chi connectivity index (χ2v) is 10.5. The van der Waals surface area contributed by atoms with Gasteiger partial charge >= 0.3 is 5.97 Å². The van der Waals surface area contributed by atoms with Gasteiger partial charge in [0.2, 0.25) is 0 Å². The van der Waals surface area contributed by atoms with Crippen LogP contribution >= 0.6 is 0 Å². The summed E-state index contributed by atoms with van der Waals surface area (Å²) in [6.45, 7) is 17.6. The van der Waals surface area contributed by atoms with Crippen molar-refractivity contribution in [2.75, 3.05) is 0 Å². The maximum Gasteiger partial charge on any atom is 0.302 e. The van der Waals surface area contributed by atoms with Crippen LogP contribution in [-0.4, -0.2) is 28.6 Å². The lowest BCUT2D eigenvalue weighted by Gasteiger charge is -2.59. The van der Waals surface area contributed by atoms with Crippen molar-refractivity contribution in [1.82, 2.24) is 0 Å². The Morgan fingerprint density at radius 3 is 2.41 bits per heavy atom. The maximum absolute atomic E-state index is 12.1. The lowest BCUT2D eigenvalue weighted by Crippen LogP contribution is -2.56. The van der Waals surface area contributed by atoms with Crippen LogP contribution in [0, 0.1) is 22.7 Å². The molecule has 0 aromatic carbocycles. The number of Topliss-reactive ketones (excluding diaryl/α,β-unsaturated/α-hetero) is 1. The largest absolute Gasteiger partial charge is 0.462 e. The van der Waals surface area contributed by atoms with Crippen LogP contribution in [0.15, 0.2) is 23.8 Å². The Labute approximate surface area is 176 Å². The zero-order valence-electron chi connectivity index (χ0n) is 19.4. The van der Waals surface area contributed by atoms with Crippen LogP contribution in [0.2, 0.25) is 0 Å². The molecule has 0 spiro atoms. The van der Waals surface area contributed by atoms with E-state index in [1.165, 1.54) is 18.1 Å². The summed E-state index contributed by atoms with van der Waals surface area (Å²) < 4.78 is 5.97. The summed E-state index contributed by atoms with van der Waals surface area (Å²) in [6, 6.07) is 0. The van der Waals surface area contributed by atoms with Crippen LogP contribution in [0.3, 0.4) is 0 Å². The highest BCUT2D eigenvalue weighted by atomic mass is 16.5. The van der Waals surface area contributed by atoms with E-state index in [9.17, 15) is 14.7 Å². The van der Waals surface area contributed by atoms with E-state index < -0.39 is 5.60 Å². The first-order chi connectivity index (χ1) is 13.2. The van der Waals surface area contributed by atoms with Crippen LogP contribution in [0.25, 0.3) is 0 Å². The molecule has 0 bridgehead atoms. The third-order valence-corrected chi connectivity index (χ3v) is 7.62. The Kier molecular flexibility index (Phi) is 6.89. The Hall–Kier alpha value is -1.42. The minimum absolute atomic E-state index is 0.00490. The molecular weight excluding hydrogens is 364 g/mol. The molecule has 1 fully saturated rings. The summed E-state index contributed by atoms with van der Waals surface area (Å²) in [5.41, 5.74) is 1.47. The minimum atomic E-state index is -0.924. The molecule has 0 aromatic heterocycles. The van der Waals surface area contributed by atoms with Crippen molar-refractivity contribution in [3.05, 3.63) is 23.8 Å². The number of carbonyl (C=O) groups excluding carboxylic acids is 2. The summed E-state index contributed by atoms with van der Waals surface area (Å²) in [7, 11) is 0. The molecule has 0 saturated heterocycles. The first-order valence-electron chi connectivity index (χ1n) is 11.0. The van der Waals surface area contributed by atoms with Crippen LogP contribution in [-0.2, 0) is 14.3 Å². The predicted molar refractivity (Wildman–Crippen MR) is 116 cm³/mol. The molecule has 2 aliphatic rings. The quantitative estimate of drug-likeness (QED) is 0.456. The first-order valence-corrected chi connectivity index (χ1v) is 11.0. The van der Waals surface area contributed by atoms with E-state index in [2.05, 4.69) is 34.3 Å². The standard InChI is InChI=1S/C25H40O4/c1-9-24(7,28)14-11-20-17(3)19(15-16(2)26)21(29-18(4)27)22-23(5,6)12-10-13-25(20,22)8/h9,19,21-22,28H,1,10-15H2,2-8H3. The Morgan fingerprint density at radius 1 is 1.28 bits per heavy atom. The van der Waals surface area contributed by atoms with Crippen molar-refractivity contribution in [2.45, 2.75) is 98.7 Å². The van der Waals surface area contributed by atoms with Gasteiger partial charge < -0.3 is 14.6 Å². The molecule has 0 aromatic rings. The second kappa shape index (κ2) is 8.37. The van der Waals surface area contributed by atoms with Crippen molar-refractivity contribution < 1.29 is 19.4 Å². The van der Waals surface area contributed by atoms with Gasteiger partial charge in [-0.3, -0.25) is 4.79 Å². The zero-order valence-corrected chi connectivity index (χ0v) is 19.4. The highest BCUT2D eigenvalue weighted by Gasteiger charge is 2.58. The SMILES string of the molecule is C=CC(C)(O)CCC1=C(C)C(CC(C)=O)C(OC(C)=O)C2C(C)(C)CCCC12C. The van der Waals surface area contributed by atoms with Gasteiger partial charge in [-0.2, -0.15) is 0 Å². The van der Waals surface area contributed by atoms with Crippen molar-refractivity contribution in [1.29, 1.82) is 0 Å². The Bertz CT molecular complexity index is 700. The third-order valence-electron chi connectivity index (χ3n) is 7.62. The number of allylic oxidation sites excluding steroid dienone is 1. The topological polar surface area (TPSA) is 63.6 Å². The molecule has 4 heteroatoms. The van der Waals surface area contributed by atoms with Crippen LogP contribution in [0.1, 0.15) is 87.0 Å². The average Bonchev–Trinajstić information content (AvgIpc) is 2.56. The molecule has 4 nitrogen and oxygen atoms in total. The number of hydrogen-bond donors (Lipinski definition) is 1. The van der Waals surface area contributed by atoms with Crippen LogP contribution in [0.5, 0.6) is 0 Å². The van der Waals surface area contributed by atoms with Gasteiger partial charge in [-0.05, 0) is 57.3 Å². The molecule has 0 heterocycles. The highest BCUT2D eigenvalue weighted by molar-refractivity contribution is 5.76. The molecule has 5 atom stereocenters. The van der Waals surface area contributed by atoms with Gasteiger partial charge in [0.1, 0.15) is 11.9 Å². The van der Waals surface area contributed by atoms with Gasteiger partial charge in [0.05, 0.1) is 5.60 Å². The molecule has 0 aliphatic heterocycles. The summed E-state index contributed by atoms with van der Waals surface area (Å²) in [6.07, 6.45) is 6.28. The summed E-state index contributed by atoms with van der Waals surface area (Å²) >= 11 is 0. The van der Waals surface area contributed by atoms with E-state index in [0.717, 1.165) is 25.7 Å². The predicted octanol–water partition coefficient (Wildman–Crippen LogP) is 5.39. The smallest absolute Gasteiger partial charge is 0.302 e. The monoisotopic (exact) mass is 404 g/mol. The number of hydrogen-bond acceptors (Lipinski definition) is 4. The zero-order chi connectivity index (χ0) is 22.2. The van der Waals surface area contributed by atoms with Gasteiger partial charge in [-0.25, -0.2) is 0 Å². The Balaban J connectivity index is 2.63. The highest BCUT2D eigenvalue weighted by Crippen LogP contribution is 2.62. The maximum atomic E-state index is 12.1. The second-order valence-electron chi connectivity index (χ2n) is 10.5. The normalized spacial score (nSPS) is 33.4. The van der Waals surface area contributed by atoms with E-state index in [1.54, 1.807) is 19.9 Å². The van der Waals surface area contributed by atoms with Gasteiger partial charge in [0.25, 0.3) is 0 Å². The molecule has 0 amide bonds. The molecule has 1 saturated carbocycles. The molecule has 29 heavy (non-hydrogen) atoms. The fourth-order valence-corrected chi connectivity index (χ4v) is 6.27. The molecule has 1 N–H and O–H groups in total. The number of fused-ring (bicyclic) bond motifs is 1. The molecule has 0 radical (unpaired) electrons. The van der Waals surface area contributed by atoms with Crippen molar-refractivity contribution in [2.24, 2.45) is 22.7 Å². The average molecular weight is 405 g/mol. The lowest BCUT2D eigenvalue weighted by molar-refractivity contribution is -0.168.